The van der Waals surface area contributed by atoms with Gasteiger partial charge in [0.1, 0.15) is 5.02 Å². The normalized spacial score (nSPS) is 10.3. The Morgan fingerprint density at radius 2 is 1.76 bits per heavy atom. The number of nitro groups is 1. The first-order valence-electron chi connectivity index (χ1n) is 8.15. The van der Waals surface area contributed by atoms with Crippen molar-refractivity contribution in [2.75, 3.05) is 14.2 Å². The Morgan fingerprint density at radius 1 is 1.00 bits per heavy atom. The molecule has 9 nitrogen and oxygen atoms in total. The van der Waals surface area contributed by atoms with Crippen LogP contribution in [0.2, 0.25) is 5.02 Å². The largest absolute Gasteiger partial charge is 0.493 e. The minimum atomic E-state index is -0.821. The third-order valence-electron chi connectivity index (χ3n) is 3.90. The number of methoxy groups -OCH3 is 2. The number of rotatable bonds is 6. The first-order chi connectivity index (χ1) is 13.9. The fourth-order valence-electron chi connectivity index (χ4n) is 2.46. The minimum Gasteiger partial charge on any atom is -0.493 e. The SMILES string of the molecule is COc1ccc(-c2ccc(OC(=O)c3ccc(Cl)c([N+](=O)[O-])c3)nn2)cc1OC. The van der Waals surface area contributed by atoms with Gasteiger partial charge in [0.05, 0.1) is 30.4 Å². The molecule has 3 rings (SSSR count). The summed E-state index contributed by atoms with van der Waals surface area (Å²) in [6.45, 7) is 0. The monoisotopic (exact) mass is 415 g/mol. The third-order valence-corrected chi connectivity index (χ3v) is 4.21. The number of hydrogen-bond donors (Lipinski definition) is 0. The van der Waals surface area contributed by atoms with Crippen molar-refractivity contribution in [1.82, 2.24) is 10.2 Å². The van der Waals surface area contributed by atoms with Gasteiger partial charge in [-0.1, -0.05) is 11.6 Å². The number of esters is 1. The van der Waals surface area contributed by atoms with Crippen LogP contribution in [-0.2, 0) is 0 Å². The van der Waals surface area contributed by atoms with Crippen LogP contribution in [0, 0.1) is 10.1 Å². The number of nitro benzene ring substituents is 1. The molecule has 0 aliphatic carbocycles. The molecule has 0 aliphatic rings. The van der Waals surface area contributed by atoms with Crippen LogP contribution in [0.25, 0.3) is 11.3 Å². The molecule has 0 fully saturated rings. The predicted octanol–water partition coefficient (Wildman–Crippen LogP) is 3.94. The zero-order valence-electron chi connectivity index (χ0n) is 15.3. The van der Waals surface area contributed by atoms with E-state index in [0.29, 0.717) is 17.2 Å². The molecule has 1 heterocycles. The number of benzene rings is 2. The summed E-state index contributed by atoms with van der Waals surface area (Å²) in [7, 11) is 3.06. The summed E-state index contributed by atoms with van der Waals surface area (Å²) in [6.07, 6.45) is 0. The van der Waals surface area contributed by atoms with Gasteiger partial charge in [-0.15, -0.1) is 10.2 Å². The Kier molecular flexibility index (Phi) is 5.89. The minimum absolute atomic E-state index is 0.0353. The van der Waals surface area contributed by atoms with Gasteiger partial charge < -0.3 is 14.2 Å². The molecule has 10 heteroatoms. The van der Waals surface area contributed by atoms with E-state index in [0.717, 1.165) is 11.6 Å². The molecule has 0 bridgehead atoms. The first kappa shape index (κ1) is 20.0. The lowest BCUT2D eigenvalue weighted by Crippen LogP contribution is -2.10. The molecule has 0 amide bonds. The van der Waals surface area contributed by atoms with E-state index in [2.05, 4.69) is 10.2 Å². The van der Waals surface area contributed by atoms with Crippen molar-refractivity contribution in [3.63, 3.8) is 0 Å². The molecule has 0 saturated carbocycles. The molecule has 148 valence electrons. The molecular formula is C19H14ClN3O6. The van der Waals surface area contributed by atoms with Crippen molar-refractivity contribution in [3.05, 3.63) is 69.2 Å². The summed E-state index contributed by atoms with van der Waals surface area (Å²) in [5.41, 5.74) is 0.817. The van der Waals surface area contributed by atoms with Gasteiger partial charge in [-0.05, 0) is 36.4 Å². The highest BCUT2D eigenvalue weighted by atomic mass is 35.5. The Bertz CT molecular complexity index is 1070. The molecule has 1 aromatic heterocycles. The van der Waals surface area contributed by atoms with Crippen LogP contribution in [0.15, 0.2) is 48.5 Å². The van der Waals surface area contributed by atoms with Gasteiger partial charge in [0.25, 0.3) is 5.69 Å². The maximum atomic E-state index is 12.2. The summed E-state index contributed by atoms with van der Waals surface area (Å²) >= 11 is 5.74. The molecule has 29 heavy (non-hydrogen) atoms. The fraction of sp³-hybridized carbons (Fsp3) is 0.105. The second kappa shape index (κ2) is 8.53. The average molecular weight is 416 g/mol. The lowest BCUT2D eigenvalue weighted by molar-refractivity contribution is -0.384. The summed E-state index contributed by atoms with van der Waals surface area (Å²) < 4.78 is 15.6. The Morgan fingerprint density at radius 3 is 2.38 bits per heavy atom. The van der Waals surface area contributed by atoms with E-state index in [1.165, 1.54) is 32.4 Å². The van der Waals surface area contributed by atoms with Crippen molar-refractivity contribution in [2.45, 2.75) is 0 Å². The van der Waals surface area contributed by atoms with E-state index >= 15 is 0 Å². The zero-order chi connectivity index (χ0) is 21.0. The molecule has 0 atom stereocenters. The topological polar surface area (TPSA) is 114 Å². The van der Waals surface area contributed by atoms with E-state index in [-0.39, 0.29) is 16.5 Å². The second-order valence-electron chi connectivity index (χ2n) is 5.64. The van der Waals surface area contributed by atoms with E-state index in [9.17, 15) is 14.9 Å². The Hall–Kier alpha value is -3.72. The Balaban J connectivity index is 1.78. The van der Waals surface area contributed by atoms with Crippen LogP contribution >= 0.6 is 11.6 Å². The van der Waals surface area contributed by atoms with Crippen LogP contribution < -0.4 is 14.2 Å². The van der Waals surface area contributed by atoms with E-state index in [1.54, 1.807) is 24.3 Å². The number of halogens is 1. The standard InChI is InChI=1S/C19H14ClN3O6/c1-27-16-7-4-11(10-17(16)28-2)14-6-8-18(22-21-14)29-19(24)12-3-5-13(20)15(9-12)23(25)26/h3-10H,1-2H3. The predicted molar refractivity (Wildman–Crippen MR) is 104 cm³/mol. The van der Waals surface area contributed by atoms with E-state index in [1.807, 2.05) is 0 Å². The zero-order valence-corrected chi connectivity index (χ0v) is 16.0. The fourth-order valence-corrected chi connectivity index (χ4v) is 2.64. The van der Waals surface area contributed by atoms with Crippen LogP contribution in [0.1, 0.15) is 10.4 Å². The number of ether oxygens (including phenoxy) is 3. The average Bonchev–Trinajstić information content (AvgIpc) is 2.73. The van der Waals surface area contributed by atoms with Gasteiger partial charge in [-0.25, -0.2) is 4.79 Å². The summed E-state index contributed by atoms with van der Waals surface area (Å²) in [5.74, 6) is 0.230. The van der Waals surface area contributed by atoms with Gasteiger partial charge in [-0.2, -0.15) is 0 Å². The highest BCUT2D eigenvalue weighted by molar-refractivity contribution is 6.32. The van der Waals surface area contributed by atoms with Crippen molar-refractivity contribution in [1.29, 1.82) is 0 Å². The van der Waals surface area contributed by atoms with Crippen LogP contribution in [-0.4, -0.2) is 35.3 Å². The molecule has 0 N–H and O–H groups in total. The molecular weight excluding hydrogens is 402 g/mol. The maximum Gasteiger partial charge on any atom is 0.345 e. The number of hydrogen-bond acceptors (Lipinski definition) is 8. The number of carbonyl (C=O) groups is 1. The van der Waals surface area contributed by atoms with Gasteiger partial charge in [0, 0.05) is 17.7 Å². The molecule has 0 radical (unpaired) electrons. The molecule has 2 aromatic carbocycles. The van der Waals surface area contributed by atoms with Crippen molar-refractivity contribution < 1.29 is 23.9 Å². The van der Waals surface area contributed by atoms with Gasteiger partial charge in [-0.3, -0.25) is 10.1 Å². The van der Waals surface area contributed by atoms with E-state index in [4.69, 9.17) is 25.8 Å². The number of carbonyl (C=O) groups excluding carboxylic acids is 1. The summed E-state index contributed by atoms with van der Waals surface area (Å²) in [6, 6.07) is 11.9. The van der Waals surface area contributed by atoms with Gasteiger partial charge in [0.15, 0.2) is 11.5 Å². The highest BCUT2D eigenvalue weighted by Gasteiger charge is 2.18. The third kappa shape index (κ3) is 4.41. The lowest BCUT2D eigenvalue weighted by atomic mass is 10.1. The lowest BCUT2D eigenvalue weighted by Gasteiger charge is -2.09. The number of aromatic nitrogens is 2. The molecule has 0 saturated heterocycles. The summed E-state index contributed by atoms with van der Waals surface area (Å²) in [5, 5.41) is 18.8. The summed E-state index contributed by atoms with van der Waals surface area (Å²) in [4.78, 5) is 22.5. The van der Waals surface area contributed by atoms with Crippen LogP contribution in [0.5, 0.6) is 17.4 Å². The van der Waals surface area contributed by atoms with Gasteiger partial charge >= 0.3 is 5.97 Å². The molecule has 0 unspecified atom stereocenters. The van der Waals surface area contributed by atoms with Crippen molar-refractivity contribution in [2.24, 2.45) is 0 Å². The maximum absolute atomic E-state index is 12.2. The Labute approximate surface area is 170 Å². The second-order valence-corrected chi connectivity index (χ2v) is 6.05. The number of nitrogens with zero attached hydrogens (tertiary/aromatic N) is 3. The van der Waals surface area contributed by atoms with Gasteiger partial charge in [0.2, 0.25) is 5.88 Å². The van der Waals surface area contributed by atoms with Crippen molar-refractivity contribution >= 4 is 23.3 Å². The first-order valence-corrected chi connectivity index (χ1v) is 8.53. The van der Waals surface area contributed by atoms with Crippen LogP contribution in [0.3, 0.4) is 0 Å². The van der Waals surface area contributed by atoms with Crippen LogP contribution in [0.4, 0.5) is 5.69 Å². The molecule has 0 spiro atoms. The van der Waals surface area contributed by atoms with Crippen molar-refractivity contribution in [3.8, 4) is 28.6 Å². The quantitative estimate of drug-likeness (QED) is 0.338. The molecule has 3 aromatic rings. The molecule has 0 aliphatic heterocycles. The van der Waals surface area contributed by atoms with E-state index < -0.39 is 16.6 Å². The highest BCUT2D eigenvalue weighted by Crippen LogP contribution is 2.31. The smallest absolute Gasteiger partial charge is 0.345 e.